The van der Waals surface area contributed by atoms with E-state index in [1.165, 1.54) is 0 Å². The number of benzene rings is 2. The quantitative estimate of drug-likeness (QED) is 0.652. The molecule has 0 saturated carbocycles. The summed E-state index contributed by atoms with van der Waals surface area (Å²) in [7, 11) is 0. The molecule has 156 valence electrons. The normalized spacial score (nSPS) is 15.3. The number of para-hydroxylation sites is 1. The highest BCUT2D eigenvalue weighted by Crippen LogP contribution is 2.32. The number of rotatable bonds is 3. The standard InChI is InChI=1S/C22H21F3N4O/c23-22(24,25)21-26-18-10-5-4-9-17(18)20(27-21)29-12-6-11-28(13-14-29)19(30)15-16-7-2-1-3-8-16/h1-5,7-10H,6,11-15H2. The second-order valence-corrected chi connectivity index (χ2v) is 7.27. The minimum atomic E-state index is -4.62. The first-order chi connectivity index (χ1) is 14.4. The zero-order valence-electron chi connectivity index (χ0n) is 16.3. The first-order valence-corrected chi connectivity index (χ1v) is 9.82. The second-order valence-electron chi connectivity index (χ2n) is 7.27. The highest BCUT2D eigenvalue weighted by molar-refractivity contribution is 5.89. The summed E-state index contributed by atoms with van der Waals surface area (Å²) >= 11 is 0. The number of halogens is 3. The SMILES string of the molecule is O=C(Cc1ccccc1)N1CCCN(c2nc(C(F)(F)F)nc3ccccc23)CC1. The molecule has 0 bridgehead atoms. The van der Waals surface area contributed by atoms with Crippen molar-refractivity contribution in [2.75, 3.05) is 31.1 Å². The van der Waals surface area contributed by atoms with Gasteiger partial charge in [-0.05, 0) is 24.1 Å². The Hall–Kier alpha value is -3.16. The van der Waals surface area contributed by atoms with Crippen LogP contribution in [0.5, 0.6) is 0 Å². The van der Waals surface area contributed by atoms with Crippen LogP contribution in [0.1, 0.15) is 17.8 Å². The van der Waals surface area contributed by atoms with Crippen LogP contribution in [0.2, 0.25) is 0 Å². The zero-order valence-corrected chi connectivity index (χ0v) is 16.3. The van der Waals surface area contributed by atoms with Crippen molar-refractivity contribution in [3.05, 3.63) is 66.0 Å². The van der Waals surface area contributed by atoms with Gasteiger partial charge in [-0.1, -0.05) is 42.5 Å². The van der Waals surface area contributed by atoms with E-state index < -0.39 is 12.0 Å². The highest BCUT2D eigenvalue weighted by atomic mass is 19.4. The average molecular weight is 414 g/mol. The molecule has 0 N–H and O–H groups in total. The lowest BCUT2D eigenvalue weighted by molar-refractivity contribution is -0.144. The Morgan fingerprint density at radius 2 is 1.63 bits per heavy atom. The van der Waals surface area contributed by atoms with Gasteiger partial charge in [0.25, 0.3) is 0 Å². The summed E-state index contributed by atoms with van der Waals surface area (Å²) < 4.78 is 40.0. The smallest absolute Gasteiger partial charge is 0.354 e. The van der Waals surface area contributed by atoms with Gasteiger partial charge in [0.05, 0.1) is 11.9 Å². The molecule has 2 heterocycles. The number of aromatic nitrogens is 2. The summed E-state index contributed by atoms with van der Waals surface area (Å²) in [5.41, 5.74) is 1.20. The van der Waals surface area contributed by atoms with Crippen molar-refractivity contribution in [1.82, 2.24) is 14.9 Å². The van der Waals surface area contributed by atoms with Crippen LogP contribution in [0.25, 0.3) is 10.9 Å². The lowest BCUT2D eigenvalue weighted by Gasteiger charge is -2.24. The maximum absolute atomic E-state index is 13.3. The van der Waals surface area contributed by atoms with Gasteiger partial charge in [-0.3, -0.25) is 4.79 Å². The van der Waals surface area contributed by atoms with Gasteiger partial charge in [0.15, 0.2) is 0 Å². The number of nitrogens with zero attached hydrogens (tertiary/aromatic N) is 4. The predicted molar refractivity (Wildman–Crippen MR) is 108 cm³/mol. The van der Waals surface area contributed by atoms with E-state index in [2.05, 4.69) is 9.97 Å². The fraction of sp³-hybridized carbons (Fsp3) is 0.318. The summed E-state index contributed by atoms with van der Waals surface area (Å²) in [6, 6.07) is 16.2. The molecular weight excluding hydrogens is 393 g/mol. The van der Waals surface area contributed by atoms with E-state index in [1.807, 2.05) is 35.2 Å². The van der Waals surface area contributed by atoms with Crippen LogP contribution in [-0.2, 0) is 17.4 Å². The Kier molecular flexibility index (Phi) is 5.57. The molecule has 1 amide bonds. The summed E-state index contributed by atoms with van der Waals surface area (Å²) in [5, 5.41) is 0.578. The van der Waals surface area contributed by atoms with Gasteiger partial charge in [-0.2, -0.15) is 13.2 Å². The fourth-order valence-corrected chi connectivity index (χ4v) is 3.69. The predicted octanol–water partition coefficient (Wildman–Crippen LogP) is 3.93. The monoisotopic (exact) mass is 414 g/mol. The van der Waals surface area contributed by atoms with Crippen LogP contribution >= 0.6 is 0 Å². The molecule has 1 aromatic heterocycles. The molecule has 1 fully saturated rings. The Morgan fingerprint density at radius 3 is 2.40 bits per heavy atom. The van der Waals surface area contributed by atoms with Gasteiger partial charge < -0.3 is 9.80 Å². The summed E-state index contributed by atoms with van der Waals surface area (Å²) in [6.45, 7) is 1.94. The molecule has 4 rings (SSSR count). The molecule has 5 nitrogen and oxygen atoms in total. The van der Waals surface area contributed by atoms with Crippen molar-refractivity contribution in [2.45, 2.75) is 19.0 Å². The van der Waals surface area contributed by atoms with Gasteiger partial charge in [-0.25, -0.2) is 9.97 Å². The molecule has 0 spiro atoms. The number of hydrogen-bond donors (Lipinski definition) is 0. The van der Waals surface area contributed by atoms with E-state index in [1.54, 1.807) is 29.2 Å². The van der Waals surface area contributed by atoms with Gasteiger partial charge in [0, 0.05) is 31.6 Å². The Bertz CT molecular complexity index is 1040. The number of hydrogen-bond acceptors (Lipinski definition) is 4. The Balaban J connectivity index is 1.56. The molecule has 1 aliphatic rings. The third-order valence-electron chi connectivity index (χ3n) is 5.18. The van der Waals surface area contributed by atoms with Crippen molar-refractivity contribution >= 4 is 22.6 Å². The largest absolute Gasteiger partial charge is 0.451 e. The van der Waals surface area contributed by atoms with Crippen LogP contribution in [0.15, 0.2) is 54.6 Å². The second kappa shape index (κ2) is 8.30. The molecule has 0 radical (unpaired) electrons. The van der Waals surface area contributed by atoms with Crippen LogP contribution in [0.4, 0.5) is 19.0 Å². The lowest BCUT2D eigenvalue weighted by Crippen LogP contribution is -2.36. The molecule has 2 aromatic carbocycles. The van der Waals surface area contributed by atoms with Crippen LogP contribution < -0.4 is 4.90 Å². The number of anilines is 1. The van der Waals surface area contributed by atoms with Crippen molar-refractivity contribution in [2.24, 2.45) is 0 Å². The molecule has 1 aliphatic heterocycles. The molecule has 3 aromatic rings. The maximum atomic E-state index is 13.3. The molecule has 0 unspecified atom stereocenters. The third kappa shape index (κ3) is 4.37. The fourth-order valence-electron chi connectivity index (χ4n) is 3.69. The number of fused-ring (bicyclic) bond motifs is 1. The topological polar surface area (TPSA) is 49.3 Å². The molecule has 8 heteroatoms. The Labute approximate surface area is 172 Å². The third-order valence-corrected chi connectivity index (χ3v) is 5.18. The number of alkyl halides is 3. The van der Waals surface area contributed by atoms with Crippen LogP contribution in [0.3, 0.4) is 0 Å². The van der Waals surface area contributed by atoms with E-state index in [0.717, 1.165) is 5.56 Å². The maximum Gasteiger partial charge on any atom is 0.451 e. The molecule has 30 heavy (non-hydrogen) atoms. The minimum absolute atomic E-state index is 0.0200. The molecule has 0 aliphatic carbocycles. The lowest BCUT2D eigenvalue weighted by atomic mass is 10.1. The zero-order chi connectivity index (χ0) is 21.1. The van der Waals surface area contributed by atoms with Gasteiger partial charge in [-0.15, -0.1) is 0 Å². The Morgan fingerprint density at radius 1 is 0.900 bits per heavy atom. The minimum Gasteiger partial charge on any atom is -0.354 e. The molecule has 1 saturated heterocycles. The number of amides is 1. The average Bonchev–Trinajstić information content (AvgIpc) is 2.99. The highest BCUT2D eigenvalue weighted by Gasteiger charge is 2.36. The van der Waals surface area contributed by atoms with Crippen LogP contribution in [0, 0.1) is 0 Å². The van der Waals surface area contributed by atoms with Gasteiger partial charge in [0.2, 0.25) is 11.7 Å². The van der Waals surface area contributed by atoms with E-state index in [4.69, 9.17) is 0 Å². The summed E-state index contributed by atoms with van der Waals surface area (Å²) in [5.74, 6) is -0.852. The van der Waals surface area contributed by atoms with Crippen LogP contribution in [-0.4, -0.2) is 47.0 Å². The van der Waals surface area contributed by atoms with E-state index in [0.29, 0.717) is 44.4 Å². The van der Waals surface area contributed by atoms with E-state index in [-0.39, 0.29) is 17.2 Å². The number of carbonyl (C=O) groups excluding carboxylic acids is 1. The van der Waals surface area contributed by atoms with Gasteiger partial charge >= 0.3 is 6.18 Å². The first kappa shape index (κ1) is 20.1. The summed E-state index contributed by atoms with van der Waals surface area (Å²) in [6.07, 6.45) is -3.65. The molecule has 0 atom stereocenters. The van der Waals surface area contributed by atoms with Crippen molar-refractivity contribution in [3.8, 4) is 0 Å². The van der Waals surface area contributed by atoms with Crippen molar-refractivity contribution in [3.63, 3.8) is 0 Å². The van der Waals surface area contributed by atoms with Crippen molar-refractivity contribution < 1.29 is 18.0 Å². The molecular formula is C22H21F3N4O. The van der Waals surface area contributed by atoms with Crippen molar-refractivity contribution in [1.29, 1.82) is 0 Å². The van der Waals surface area contributed by atoms with E-state index in [9.17, 15) is 18.0 Å². The van der Waals surface area contributed by atoms with Gasteiger partial charge in [0.1, 0.15) is 5.82 Å². The number of carbonyl (C=O) groups is 1. The van der Waals surface area contributed by atoms with E-state index >= 15 is 0 Å². The summed E-state index contributed by atoms with van der Waals surface area (Å²) in [4.78, 5) is 23.9. The first-order valence-electron chi connectivity index (χ1n) is 9.82.